The first-order valence-electron chi connectivity index (χ1n) is 12.1. The Morgan fingerprint density at radius 3 is 2.68 bits per heavy atom. The lowest BCUT2D eigenvalue weighted by atomic mass is 9.85. The Balaban J connectivity index is 1.50. The van der Waals surface area contributed by atoms with E-state index in [9.17, 15) is 23.2 Å². The monoisotopic (exact) mass is 554 g/mol. The number of ether oxygens (including phenoxy) is 1. The van der Waals surface area contributed by atoms with Crippen LogP contribution in [0.15, 0.2) is 30.3 Å². The first-order chi connectivity index (χ1) is 17.7. The van der Waals surface area contributed by atoms with Gasteiger partial charge in [-0.15, -0.1) is 11.3 Å². The highest BCUT2D eigenvalue weighted by Gasteiger charge is 2.30. The van der Waals surface area contributed by atoms with Crippen molar-refractivity contribution in [2.45, 2.75) is 31.7 Å². The molecule has 1 atom stereocenters. The maximum absolute atomic E-state index is 14.0. The van der Waals surface area contributed by atoms with Gasteiger partial charge in [-0.25, -0.2) is 8.78 Å². The van der Waals surface area contributed by atoms with Gasteiger partial charge in [0.15, 0.2) is 0 Å². The van der Waals surface area contributed by atoms with Crippen LogP contribution in [0.2, 0.25) is 4.34 Å². The van der Waals surface area contributed by atoms with Crippen molar-refractivity contribution in [1.29, 1.82) is 0 Å². The zero-order valence-electron chi connectivity index (χ0n) is 20.3. The normalized spacial score (nSPS) is 17.1. The van der Waals surface area contributed by atoms with E-state index in [-0.39, 0.29) is 42.8 Å². The summed E-state index contributed by atoms with van der Waals surface area (Å²) in [5.74, 6) is -0.735. The van der Waals surface area contributed by atoms with Crippen LogP contribution in [0.3, 0.4) is 0 Å². The minimum absolute atomic E-state index is 0.00617. The van der Waals surface area contributed by atoms with E-state index in [4.69, 9.17) is 16.3 Å². The van der Waals surface area contributed by atoms with E-state index in [1.807, 2.05) is 4.90 Å². The number of halogens is 3. The highest BCUT2D eigenvalue weighted by Crippen LogP contribution is 2.32. The first-order valence-corrected chi connectivity index (χ1v) is 13.3. The molecular weight excluding hydrogens is 526 g/mol. The van der Waals surface area contributed by atoms with E-state index in [1.54, 1.807) is 19.2 Å². The average Bonchev–Trinajstić information content (AvgIpc) is 3.28. The summed E-state index contributed by atoms with van der Waals surface area (Å²) in [4.78, 5) is 41.7. The molecule has 2 fully saturated rings. The zero-order chi connectivity index (χ0) is 26.5. The maximum atomic E-state index is 14.0. The summed E-state index contributed by atoms with van der Waals surface area (Å²) in [5, 5.41) is 5.40. The molecule has 0 radical (unpaired) electrons. The van der Waals surface area contributed by atoms with Gasteiger partial charge in [0, 0.05) is 36.6 Å². The fourth-order valence-corrected chi connectivity index (χ4v) is 5.35. The van der Waals surface area contributed by atoms with Crippen LogP contribution in [-0.4, -0.2) is 68.6 Å². The molecule has 1 aliphatic heterocycles. The van der Waals surface area contributed by atoms with Crippen molar-refractivity contribution in [1.82, 2.24) is 10.2 Å². The molecule has 1 aliphatic carbocycles. The Morgan fingerprint density at radius 2 is 2.05 bits per heavy atom. The number of likely N-dealkylation sites (N-methyl/N-ethyl adjacent to an activating group) is 1. The number of alkyl halides is 2. The van der Waals surface area contributed by atoms with Gasteiger partial charge >= 0.3 is 0 Å². The summed E-state index contributed by atoms with van der Waals surface area (Å²) in [7, 11) is 1.79. The lowest BCUT2D eigenvalue weighted by Gasteiger charge is -2.34. The van der Waals surface area contributed by atoms with Crippen LogP contribution in [0, 0.1) is 5.92 Å². The number of amides is 3. The number of morpholine rings is 1. The third-order valence-corrected chi connectivity index (χ3v) is 7.91. The summed E-state index contributed by atoms with van der Waals surface area (Å²) >= 11 is 7.05. The van der Waals surface area contributed by atoms with Crippen LogP contribution in [0.5, 0.6) is 0 Å². The van der Waals surface area contributed by atoms with Gasteiger partial charge in [0.05, 0.1) is 15.8 Å². The molecule has 1 saturated heterocycles. The van der Waals surface area contributed by atoms with Crippen molar-refractivity contribution >= 4 is 52.0 Å². The van der Waals surface area contributed by atoms with Crippen molar-refractivity contribution in [2.24, 2.45) is 5.92 Å². The lowest BCUT2D eigenvalue weighted by molar-refractivity contribution is -0.125. The second-order valence-electron chi connectivity index (χ2n) is 9.23. The van der Waals surface area contributed by atoms with Crippen molar-refractivity contribution in [3.8, 4) is 0 Å². The van der Waals surface area contributed by atoms with Gasteiger partial charge in [-0.3, -0.25) is 19.3 Å². The molecule has 8 nitrogen and oxygen atoms in total. The molecule has 2 aromatic rings. The molecule has 4 rings (SSSR count). The molecule has 37 heavy (non-hydrogen) atoms. The van der Waals surface area contributed by atoms with Crippen LogP contribution in [0.25, 0.3) is 0 Å². The van der Waals surface area contributed by atoms with Crippen molar-refractivity contribution in [3.63, 3.8) is 0 Å². The number of nitrogens with one attached hydrogen (secondary N) is 2. The number of hydrogen-bond donors (Lipinski definition) is 2. The Kier molecular flexibility index (Phi) is 9.12. The fraction of sp³-hybridized carbons (Fsp3) is 0.480. The number of rotatable bonds is 10. The van der Waals surface area contributed by atoms with Gasteiger partial charge in [0.1, 0.15) is 12.6 Å². The van der Waals surface area contributed by atoms with E-state index < -0.39 is 18.4 Å². The summed E-state index contributed by atoms with van der Waals surface area (Å²) in [5.41, 5.74) is -0.104. The molecule has 2 aliphatic rings. The summed E-state index contributed by atoms with van der Waals surface area (Å²) in [6, 6.07) is 6.57. The van der Waals surface area contributed by atoms with Crippen LogP contribution < -0.4 is 15.5 Å². The number of carbonyl (C=O) groups is 3. The molecule has 2 N–H and O–H groups in total. The van der Waals surface area contributed by atoms with Crippen molar-refractivity contribution < 1.29 is 27.9 Å². The Hall–Kier alpha value is -2.60. The third kappa shape index (κ3) is 6.84. The predicted octanol–water partition coefficient (Wildman–Crippen LogP) is 4.17. The van der Waals surface area contributed by atoms with E-state index >= 15 is 0 Å². The summed E-state index contributed by atoms with van der Waals surface area (Å²) in [6.45, 7) is 1.11. The van der Waals surface area contributed by atoms with Gasteiger partial charge in [-0.2, -0.15) is 0 Å². The lowest BCUT2D eigenvalue weighted by Crippen LogP contribution is -2.51. The molecule has 1 aromatic heterocycles. The summed E-state index contributed by atoms with van der Waals surface area (Å²) in [6.07, 6.45) is 0.397. The number of nitrogens with zero attached hydrogens (tertiary/aromatic N) is 2. The quantitative estimate of drug-likeness (QED) is 0.460. The predicted molar refractivity (Wildman–Crippen MR) is 139 cm³/mol. The van der Waals surface area contributed by atoms with Gasteiger partial charge in [-0.1, -0.05) is 18.0 Å². The molecule has 0 spiro atoms. The largest absolute Gasteiger partial charge is 0.370 e. The fourth-order valence-electron chi connectivity index (χ4n) is 4.39. The summed E-state index contributed by atoms with van der Waals surface area (Å²) < 4.78 is 33.6. The van der Waals surface area contributed by atoms with E-state index in [0.717, 1.165) is 30.6 Å². The van der Waals surface area contributed by atoms with Crippen molar-refractivity contribution in [2.75, 3.05) is 50.1 Å². The highest BCUT2D eigenvalue weighted by atomic mass is 35.5. The molecule has 0 bridgehead atoms. The Labute approximate surface area is 222 Å². The zero-order valence-corrected chi connectivity index (χ0v) is 21.9. The molecule has 0 unspecified atom stereocenters. The minimum Gasteiger partial charge on any atom is -0.370 e. The van der Waals surface area contributed by atoms with Crippen LogP contribution in [-0.2, 0) is 14.3 Å². The second kappa shape index (κ2) is 12.3. The molecule has 1 aromatic carbocycles. The minimum atomic E-state index is -2.87. The molecule has 1 saturated carbocycles. The van der Waals surface area contributed by atoms with Gasteiger partial charge < -0.3 is 20.3 Å². The standard InChI is InChI=1S/C25H29ClF2N4O4S/c1-31(13-15-3-2-4-15)19(12-29-25(35)20-7-8-21(26)37-20)24(34)30-18-6-5-16(11-17(18)23(27)28)32-9-10-36-14-22(32)33/h5-8,11,15,19,23H,2-4,9-10,12-14H2,1H3,(H,29,35)(H,30,34)/t19-/m1/s1. The average molecular weight is 555 g/mol. The maximum Gasteiger partial charge on any atom is 0.265 e. The van der Waals surface area contributed by atoms with Gasteiger partial charge in [0.25, 0.3) is 18.2 Å². The molecule has 3 amide bonds. The number of carbonyl (C=O) groups excluding carboxylic acids is 3. The molecule has 2 heterocycles. The topological polar surface area (TPSA) is 91.0 Å². The molecule has 200 valence electrons. The number of anilines is 2. The van der Waals surface area contributed by atoms with E-state index in [0.29, 0.717) is 34.0 Å². The van der Waals surface area contributed by atoms with Crippen LogP contribution >= 0.6 is 22.9 Å². The number of hydrogen-bond acceptors (Lipinski definition) is 6. The first kappa shape index (κ1) is 27.4. The third-order valence-electron chi connectivity index (χ3n) is 6.68. The Morgan fingerprint density at radius 1 is 1.27 bits per heavy atom. The number of thiophene rings is 1. The van der Waals surface area contributed by atoms with Gasteiger partial charge in [-0.05, 0) is 56.1 Å². The van der Waals surface area contributed by atoms with Gasteiger partial charge in [0.2, 0.25) is 5.91 Å². The van der Waals surface area contributed by atoms with E-state index in [2.05, 4.69) is 10.6 Å². The van der Waals surface area contributed by atoms with Crippen molar-refractivity contribution in [3.05, 3.63) is 45.1 Å². The molecule has 12 heteroatoms. The SMILES string of the molecule is CN(CC1CCC1)[C@H](CNC(=O)c1ccc(Cl)s1)C(=O)Nc1ccc(N2CCOCC2=O)cc1C(F)F. The highest BCUT2D eigenvalue weighted by molar-refractivity contribution is 7.18. The Bertz CT molecular complexity index is 1140. The molecular formula is C25H29ClF2N4O4S. The van der Waals surface area contributed by atoms with E-state index in [1.165, 1.54) is 23.1 Å². The van der Waals surface area contributed by atoms with Crippen LogP contribution in [0.4, 0.5) is 20.2 Å². The second-order valence-corrected chi connectivity index (χ2v) is 10.9. The number of benzene rings is 1. The smallest absolute Gasteiger partial charge is 0.265 e. The van der Waals surface area contributed by atoms with Crippen LogP contribution in [0.1, 0.15) is 40.9 Å².